The molecule has 0 aliphatic rings. The number of benzene rings is 3. The molecular weight excluding hydrogens is 554 g/mol. The molecule has 4 rings (SSSR count). The highest BCUT2D eigenvalue weighted by Crippen LogP contribution is 2.40. The molecule has 0 aliphatic heterocycles. The summed E-state index contributed by atoms with van der Waals surface area (Å²) >= 11 is 0. The van der Waals surface area contributed by atoms with Crippen molar-refractivity contribution < 1.29 is 19.1 Å². The van der Waals surface area contributed by atoms with E-state index in [1.807, 2.05) is 66.7 Å². The van der Waals surface area contributed by atoms with Gasteiger partial charge in [-0.3, -0.25) is 9.59 Å². The number of carbonyl (C=O) groups is 2. The van der Waals surface area contributed by atoms with Crippen LogP contribution in [0.5, 0.6) is 5.75 Å². The molecule has 0 saturated carbocycles. The van der Waals surface area contributed by atoms with Gasteiger partial charge in [-0.05, 0) is 64.6 Å². The monoisotopic (exact) mass is 597 g/mol. The molecule has 0 bridgehead atoms. The van der Waals surface area contributed by atoms with Gasteiger partial charge in [0.15, 0.2) is 16.8 Å². The molecular formula is C36H43N3O5. The maximum Gasteiger partial charge on any atom is 0.323 e. The Kier molecular flexibility index (Phi) is 8.44. The summed E-state index contributed by atoms with van der Waals surface area (Å²) in [6.45, 7) is 20.1. The first-order valence-electron chi connectivity index (χ1n) is 14.7. The SMILES string of the molecule is Cc1ccc(NC(=O)c2cc(=O)c3cc(C(C)(C)C)cc(NC(=O)Nc4cc(C(C)(C)C)cc(C(C)(C)C)c4O)c3o2)cc1. The van der Waals surface area contributed by atoms with Gasteiger partial charge in [-0.15, -0.1) is 0 Å². The number of rotatable bonds is 4. The number of aromatic hydroxyl groups is 1. The van der Waals surface area contributed by atoms with Crippen LogP contribution in [0.15, 0.2) is 63.8 Å². The predicted octanol–water partition coefficient (Wildman–Crippen LogP) is 8.60. The maximum absolute atomic E-state index is 13.5. The summed E-state index contributed by atoms with van der Waals surface area (Å²) < 4.78 is 6.00. The molecule has 1 aromatic heterocycles. The summed E-state index contributed by atoms with van der Waals surface area (Å²) in [4.78, 5) is 39.9. The summed E-state index contributed by atoms with van der Waals surface area (Å²) in [5.41, 5.74) is 3.18. The predicted molar refractivity (Wildman–Crippen MR) is 178 cm³/mol. The largest absolute Gasteiger partial charge is 0.505 e. The number of carbonyl (C=O) groups excluding carboxylic acids is 2. The first-order chi connectivity index (χ1) is 20.2. The average Bonchev–Trinajstić information content (AvgIpc) is 2.89. The Balaban J connectivity index is 1.77. The standard InChI is InChI=1S/C36H43N3O5/c1-20-11-13-23(14-12-20)37-32(42)29-19-28(40)24-15-21(34(2,3)4)18-27(31(24)44-29)39-33(43)38-26-17-22(35(5,6)7)16-25(30(26)41)36(8,9)10/h11-19,41H,1-10H3,(H,37,42)(H2,38,39,43). The van der Waals surface area contributed by atoms with Crippen LogP contribution in [0.3, 0.4) is 0 Å². The van der Waals surface area contributed by atoms with Gasteiger partial charge in [0.2, 0.25) is 0 Å². The smallest absolute Gasteiger partial charge is 0.323 e. The second-order valence-corrected chi connectivity index (χ2v) is 14.4. The number of nitrogens with one attached hydrogen (secondary N) is 3. The van der Waals surface area contributed by atoms with Gasteiger partial charge < -0.3 is 25.5 Å². The van der Waals surface area contributed by atoms with Crippen molar-refractivity contribution in [3.8, 4) is 5.75 Å². The molecule has 8 heteroatoms. The highest BCUT2D eigenvalue weighted by atomic mass is 16.3. The van der Waals surface area contributed by atoms with E-state index in [-0.39, 0.29) is 50.1 Å². The lowest BCUT2D eigenvalue weighted by atomic mass is 9.79. The highest BCUT2D eigenvalue weighted by molar-refractivity contribution is 6.07. The van der Waals surface area contributed by atoms with E-state index in [1.165, 1.54) is 0 Å². The minimum absolute atomic E-state index is 0.0180. The van der Waals surface area contributed by atoms with Crippen molar-refractivity contribution in [3.05, 3.63) is 92.8 Å². The Bertz CT molecular complexity index is 1800. The van der Waals surface area contributed by atoms with Gasteiger partial charge in [0.25, 0.3) is 5.91 Å². The van der Waals surface area contributed by atoms with Crippen molar-refractivity contribution in [1.29, 1.82) is 0 Å². The van der Waals surface area contributed by atoms with Crippen LogP contribution in [0.2, 0.25) is 0 Å². The lowest BCUT2D eigenvalue weighted by Gasteiger charge is -2.27. The fraction of sp³-hybridized carbons (Fsp3) is 0.361. The van der Waals surface area contributed by atoms with E-state index >= 15 is 0 Å². The summed E-state index contributed by atoms with van der Waals surface area (Å²) in [6, 6.07) is 14.9. The normalized spacial score (nSPS) is 12.2. The summed E-state index contributed by atoms with van der Waals surface area (Å²) in [6.07, 6.45) is 0. The quantitative estimate of drug-likeness (QED) is 0.176. The highest BCUT2D eigenvalue weighted by Gasteiger charge is 2.26. The van der Waals surface area contributed by atoms with Crippen LogP contribution < -0.4 is 21.4 Å². The Morgan fingerprint density at radius 3 is 1.82 bits per heavy atom. The summed E-state index contributed by atoms with van der Waals surface area (Å²) in [7, 11) is 0. The van der Waals surface area contributed by atoms with Gasteiger partial charge in [-0.2, -0.15) is 0 Å². The molecule has 0 fully saturated rings. The fourth-order valence-corrected chi connectivity index (χ4v) is 4.74. The molecule has 3 amide bonds. The molecule has 0 spiro atoms. The Morgan fingerprint density at radius 2 is 1.25 bits per heavy atom. The van der Waals surface area contributed by atoms with E-state index in [2.05, 4.69) is 36.7 Å². The number of anilines is 3. The van der Waals surface area contributed by atoms with Crippen LogP contribution in [-0.4, -0.2) is 17.0 Å². The Hall–Kier alpha value is -4.59. The molecule has 1 heterocycles. The Morgan fingerprint density at radius 1 is 0.705 bits per heavy atom. The van der Waals surface area contributed by atoms with E-state index in [9.17, 15) is 19.5 Å². The van der Waals surface area contributed by atoms with Gasteiger partial charge in [0.1, 0.15) is 5.75 Å². The zero-order valence-electron chi connectivity index (χ0n) is 27.3. The molecule has 0 unspecified atom stereocenters. The van der Waals surface area contributed by atoms with Crippen molar-refractivity contribution in [2.24, 2.45) is 0 Å². The molecule has 8 nitrogen and oxygen atoms in total. The number of fused-ring (bicyclic) bond motifs is 1. The number of aryl methyl sites for hydroxylation is 1. The van der Waals surface area contributed by atoms with Crippen molar-refractivity contribution in [2.75, 3.05) is 16.0 Å². The van der Waals surface area contributed by atoms with Gasteiger partial charge in [0, 0.05) is 17.3 Å². The second-order valence-electron chi connectivity index (χ2n) is 14.4. The van der Waals surface area contributed by atoms with E-state index in [0.29, 0.717) is 11.3 Å². The third kappa shape index (κ3) is 7.13. The third-order valence-corrected chi connectivity index (χ3v) is 7.51. The number of phenols is 1. The first-order valence-corrected chi connectivity index (χ1v) is 14.7. The van der Waals surface area contributed by atoms with Crippen LogP contribution in [0.1, 0.15) is 95.1 Å². The number of hydrogen-bond donors (Lipinski definition) is 4. The van der Waals surface area contributed by atoms with Crippen molar-refractivity contribution in [3.63, 3.8) is 0 Å². The van der Waals surface area contributed by atoms with E-state index < -0.39 is 17.4 Å². The fourth-order valence-electron chi connectivity index (χ4n) is 4.74. The lowest BCUT2D eigenvalue weighted by Crippen LogP contribution is -2.23. The van der Waals surface area contributed by atoms with Crippen LogP contribution >= 0.6 is 0 Å². The number of urea groups is 1. The van der Waals surface area contributed by atoms with Crippen molar-refractivity contribution >= 4 is 40.0 Å². The molecule has 4 N–H and O–H groups in total. The van der Waals surface area contributed by atoms with Gasteiger partial charge in [-0.1, -0.05) is 86.1 Å². The maximum atomic E-state index is 13.5. The minimum atomic E-state index is -0.643. The first kappa shape index (κ1) is 32.3. The van der Waals surface area contributed by atoms with Gasteiger partial charge in [0.05, 0.1) is 16.8 Å². The topological polar surface area (TPSA) is 121 Å². The van der Waals surface area contributed by atoms with E-state index in [0.717, 1.165) is 22.8 Å². The van der Waals surface area contributed by atoms with Crippen LogP contribution in [0, 0.1) is 6.92 Å². The number of hydrogen-bond acceptors (Lipinski definition) is 5. The third-order valence-electron chi connectivity index (χ3n) is 7.51. The molecule has 4 aromatic rings. The average molecular weight is 598 g/mol. The summed E-state index contributed by atoms with van der Waals surface area (Å²) in [5, 5.41) is 19.8. The minimum Gasteiger partial charge on any atom is -0.505 e. The second kappa shape index (κ2) is 11.5. The van der Waals surface area contributed by atoms with Gasteiger partial charge in [-0.25, -0.2) is 4.79 Å². The van der Waals surface area contributed by atoms with Crippen molar-refractivity contribution in [2.45, 2.75) is 85.5 Å². The van der Waals surface area contributed by atoms with Gasteiger partial charge >= 0.3 is 6.03 Å². The molecule has 44 heavy (non-hydrogen) atoms. The molecule has 0 radical (unpaired) electrons. The van der Waals surface area contributed by atoms with Crippen molar-refractivity contribution in [1.82, 2.24) is 0 Å². The molecule has 0 aliphatic carbocycles. The zero-order chi connectivity index (χ0) is 32.8. The van der Waals surface area contributed by atoms with E-state index in [4.69, 9.17) is 4.42 Å². The van der Waals surface area contributed by atoms with Crippen LogP contribution in [0.4, 0.5) is 21.9 Å². The molecule has 0 saturated heterocycles. The molecule has 232 valence electrons. The lowest BCUT2D eigenvalue weighted by molar-refractivity contribution is 0.0997. The molecule has 3 aromatic carbocycles. The number of amides is 3. The van der Waals surface area contributed by atoms with Crippen LogP contribution in [0.25, 0.3) is 11.0 Å². The van der Waals surface area contributed by atoms with E-state index in [1.54, 1.807) is 30.3 Å². The van der Waals surface area contributed by atoms with Crippen LogP contribution in [-0.2, 0) is 16.2 Å². The Labute approximate surface area is 258 Å². The summed E-state index contributed by atoms with van der Waals surface area (Å²) in [5.74, 6) is -0.808. The zero-order valence-corrected chi connectivity index (χ0v) is 27.3. The number of phenolic OH excluding ortho intramolecular Hbond substituents is 1. The molecule has 0 atom stereocenters.